The second kappa shape index (κ2) is 17.6. The molecule has 262 valence electrons. The zero-order valence-electron chi connectivity index (χ0n) is 28.9. The van der Waals surface area contributed by atoms with Crippen LogP contribution in [0.4, 0.5) is 0 Å². The van der Waals surface area contributed by atoms with Crippen LogP contribution < -0.4 is 16.0 Å². The van der Waals surface area contributed by atoms with E-state index < -0.39 is 47.6 Å². The third-order valence-electron chi connectivity index (χ3n) is 9.05. The van der Waals surface area contributed by atoms with Crippen LogP contribution in [0.15, 0.2) is 39.1 Å². The summed E-state index contributed by atoms with van der Waals surface area (Å²) in [5, 5.41) is 44.9. The highest BCUT2D eigenvalue weighted by Crippen LogP contribution is 2.37. The van der Waals surface area contributed by atoms with E-state index in [-0.39, 0.29) is 23.5 Å². The number of aliphatic hydroxyl groups is 4. The molecule has 1 aromatic rings. The minimum Gasteiger partial charge on any atom is -0.614 e. The summed E-state index contributed by atoms with van der Waals surface area (Å²) in [5.41, 5.74) is 4.95. The van der Waals surface area contributed by atoms with Gasteiger partial charge >= 0.3 is 0 Å². The van der Waals surface area contributed by atoms with Gasteiger partial charge in [0.15, 0.2) is 6.10 Å². The lowest BCUT2D eigenvalue weighted by Crippen LogP contribution is -2.60. The second-order valence-electron chi connectivity index (χ2n) is 12.6. The molecule has 0 aliphatic carbocycles. The first-order valence-corrected chi connectivity index (χ1v) is 17.5. The Morgan fingerprint density at radius 2 is 1.94 bits per heavy atom. The highest BCUT2D eigenvalue weighted by molar-refractivity contribution is 7.91. The number of likely N-dealkylation sites (N-methyl/N-ethyl adjacent to an activating group) is 1. The van der Waals surface area contributed by atoms with Crippen LogP contribution in [-0.2, 0) is 20.7 Å². The number of rotatable bonds is 13. The van der Waals surface area contributed by atoms with Crippen LogP contribution in [0.5, 0.6) is 0 Å². The third kappa shape index (κ3) is 9.44. The third-order valence-corrected chi connectivity index (χ3v) is 10.6. The van der Waals surface area contributed by atoms with Crippen molar-refractivity contribution in [2.45, 2.75) is 83.7 Å². The van der Waals surface area contributed by atoms with Gasteiger partial charge in [-0.3, -0.25) is 14.8 Å². The van der Waals surface area contributed by atoms with E-state index in [1.165, 1.54) is 0 Å². The van der Waals surface area contributed by atoms with Crippen molar-refractivity contribution in [1.82, 2.24) is 15.2 Å². The molecule has 6 N–H and O–H groups in total. The largest absolute Gasteiger partial charge is 0.614 e. The van der Waals surface area contributed by atoms with Crippen LogP contribution in [0.3, 0.4) is 0 Å². The number of nitrogens with one attached hydrogen (secondary N) is 2. The lowest BCUT2D eigenvalue weighted by molar-refractivity contribution is -0.207. The summed E-state index contributed by atoms with van der Waals surface area (Å²) in [6.45, 7) is 10.1. The number of H-pyrrole nitrogens is 1. The Morgan fingerprint density at radius 3 is 2.55 bits per heavy atom. The molecular weight excluding hydrogens is 622 g/mol. The Balaban J connectivity index is 1.73. The van der Waals surface area contributed by atoms with Crippen molar-refractivity contribution in [1.29, 1.82) is 0 Å². The molecule has 0 bridgehead atoms. The number of aryl methyl sites for hydroxylation is 1. The van der Waals surface area contributed by atoms with E-state index in [4.69, 9.17) is 9.73 Å². The first kappa shape index (κ1) is 38.7. The normalized spacial score (nSPS) is 28.9. The first-order chi connectivity index (χ1) is 22.2. The number of hydrogen-bond donors (Lipinski definition) is 6. The van der Waals surface area contributed by atoms with Crippen molar-refractivity contribution < 1.29 is 34.5 Å². The zero-order valence-corrected chi connectivity index (χ0v) is 29.7. The van der Waals surface area contributed by atoms with Gasteiger partial charge in [0.2, 0.25) is 11.3 Å². The fraction of sp³-hybridized carbons (Fsp3) is 0.618. The Kier molecular flexibility index (Phi) is 14.5. The van der Waals surface area contributed by atoms with E-state index >= 15 is 0 Å². The van der Waals surface area contributed by atoms with E-state index in [2.05, 4.69) is 55.1 Å². The van der Waals surface area contributed by atoms with Gasteiger partial charge in [0, 0.05) is 86.4 Å². The van der Waals surface area contributed by atoms with Crippen LogP contribution in [0.2, 0.25) is 0 Å². The Hall–Kier alpha value is -2.78. The molecule has 1 aromatic heterocycles. The summed E-state index contributed by atoms with van der Waals surface area (Å²) in [6.07, 6.45) is 1.31. The molecule has 8 atom stereocenters. The molecule has 0 spiro atoms. The lowest BCUT2D eigenvalue weighted by atomic mass is 9.84. The van der Waals surface area contributed by atoms with Gasteiger partial charge < -0.3 is 44.9 Å². The van der Waals surface area contributed by atoms with E-state index in [0.717, 1.165) is 44.5 Å². The minimum atomic E-state index is -1.72. The van der Waals surface area contributed by atoms with Crippen LogP contribution in [0.1, 0.15) is 52.5 Å². The monoisotopic (exact) mass is 675 g/mol. The molecule has 1 saturated heterocycles. The quantitative estimate of drug-likeness (QED) is 0.127. The van der Waals surface area contributed by atoms with Gasteiger partial charge in [-0.05, 0) is 74.6 Å². The number of carbonyl (C=O) groups is 1. The fourth-order valence-electron chi connectivity index (χ4n) is 5.97. The molecule has 47 heavy (non-hydrogen) atoms. The topological polar surface area (TPSA) is 186 Å². The number of ether oxygens (including phenoxy) is 1. The summed E-state index contributed by atoms with van der Waals surface area (Å²) in [6, 6.07) is 2.11. The standard InChI is InChI=1S/C34H53N5O7S/c1-19(2)25(36-7)17-27-21(4)23(30(38-27)22(5)26-16-20(3)24(37-26)12-13-35-6)10-11-29(41)39(8)14-9-15-47(45)34-33(44)32(43)31(42)28(18-40)46-34/h12-13,16-17,21,23,28,31-34,36-37,40,42-44H,9-11,14-15,18H2,1-8H3/b24-12-,26-22-,27-17-,35-13+/t21-,23-,28+,31+,32-,33+,34-,47?/m0/s1. The van der Waals surface area contributed by atoms with Gasteiger partial charge in [-0.15, -0.1) is 0 Å². The smallest absolute Gasteiger partial charge is 0.245 e. The summed E-state index contributed by atoms with van der Waals surface area (Å²) in [5.74, 6) is 0.157. The number of aromatic nitrogens is 1. The Labute approximate surface area is 280 Å². The summed E-state index contributed by atoms with van der Waals surface area (Å²) >= 11 is -1.72. The molecular formula is C34H53N5O7S. The number of hydrogen-bond acceptors (Lipinski definition) is 10. The van der Waals surface area contributed by atoms with Crippen LogP contribution in [0, 0.1) is 18.8 Å². The van der Waals surface area contributed by atoms with E-state index in [9.17, 15) is 29.8 Å². The van der Waals surface area contributed by atoms with Gasteiger partial charge in [0.25, 0.3) is 0 Å². The van der Waals surface area contributed by atoms with Crippen LogP contribution >= 0.6 is 0 Å². The predicted molar refractivity (Wildman–Crippen MR) is 187 cm³/mol. The molecule has 13 heteroatoms. The van der Waals surface area contributed by atoms with Gasteiger partial charge in [0.05, 0.1) is 6.61 Å². The summed E-state index contributed by atoms with van der Waals surface area (Å²) in [7, 11) is 5.34. The maximum Gasteiger partial charge on any atom is 0.245 e. The van der Waals surface area contributed by atoms with Crippen molar-refractivity contribution >= 4 is 40.7 Å². The highest BCUT2D eigenvalue weighted by Gasteiger charge is 2.48. The zero-order chi connectivity index (χ0) is 35.0. The number of allylic oxidation sites excluding steroid dienone is 3. The SMILES string of the molecule is C/N=C/C=c1\[nH]/c(=C(/C)C2=N/C(=C\C(NC)=C(C)C)[C@@H](C)[C@@H]2CCC(=O)N(C)CCC[S+]([O-])[C@@H]2O[C@H](CO)[C@@H](O)[C@H](O)[C@H]2O)cc1C. The van der Waals surface area contributed by atoms with Gasteiger partial charge in [-0.25, -0.2) is 0 Å². The minimum absolute atomic E-state index is 0.0146. The molecule has 2 aliphatic heterocycles. The number of nitrogens with zero attached hydrogens (tertiary/aromatic N) is 3. The average Bonchev–Trinajstić information content (AvgIpc) is 3.57. The Bertz CT molecular complexity index is 1480. The van der Waals surface area contributed by atoms with Gasteiger partial charge in [0.1, 0.15) is 24.1 Å². The van der Waals surface area contributed by atoms with E-state index in [1.807, 2.05) is 20.0 Å². The highest BCUT2D eigenvalue weighted by atomic mass is 32.2. The molecule has 0 aromatic carbocycles. The van der Waals surface area contributed by atoms with Crippen molar-refractivity contribution in [3.8, 4) is 0 Å². The Morgan fingerprint density at radius 1 is 1.23 bits per heavy atom. The molecule has 1 unspecified atom stereocenters. The molecule has 12 nitrogen and oxygen atoms in total. The number of amides is 1. The maximum absolute atomic E-state index is 13.3. The number of aliphatic imine (C=N–C) groups is 2. The van der Waals surface area contributed by atoms with Crippen molar-refractivity contribution in [3.05, 3.63) is 45.4 Å². The van der Waals surface area contributed by atoms with Crippen molar-refractivity contribution in [2.75, 3.05) is 40.0 Å². The molecule has 2 aliphatic rings. The molecule has 3 rings (SSSR count). The predicted octanol–water partition coefficient (Wildman–Crippen LogP) is 0.256. The fourth-order valence-corrected chi connectivity index (χ4v) is 7.35. The molecule has 0 saturated carbocycles. The molecule has 3 heterocycles. The molecule has 0 radical (unpaired) electrons. The first-order valence-electron chi connectivity index (χ1n) is 16.1. The van der Waals surface area contributed by atoms with Gasteiger partial charge in [-0.1, -0.05) is 12.5 Å². The number of aromatic amines is 1. The second-order valence-corrected chi connectivity index (χ2v) is 14.2. The maximum atomic E-state index is 13.3. The van der Waals surface area contributed by atoms with Crippen molar-refractivity contribution in [3.63, 3.8) is 0 Å². The van der Waals surface area contributed by atoms with Crippen LogP contribution in [-0.4, -0.2) is 123 Å². The van der Waals surface area contributed by atoms with Gasteiger partial charge in [-0.2, -0.15) is 0 Å². The van der Waals surface area contributed by atoms with E-state index in [0.29, 0.717) is 25.8 Å². The lowest BCUT2D eigenvalue weighted by Gasteiger charge is -2.39. The molecule has 1 fully saturated rings. The summed E-state index contributed by atoms with van der Waals surface area (Å²) in [4.78, 5) is 27.6. The van der Waals surface area contributed by atoms with Crippen molar-refractivity contribution in [2.24, 2.45) is 21.8 Å². The average molecular weight is 676 g/mol. The van der Waals surface area contributed by atoms with E-state index in [1.54, 1.807) is 25.2 Å². The number of carbonyl (C=O) groups excluding carboxylic acids is 1. The van der Waals surface area contributed by atoms with Crippen LogP contribution in [0.25, 0.3) is 11.6 Å². The molecule has 1 amide bonds. The number of aliphatic hydroxyl groups excluding tert-OH is 4. The summed E-state index contributed by atoms with van der Waals surface area (Å²) < 4.78 is 18.3.